The number of pyridine rings is 1. The predicted octanol–water partition coefficient (Wildman–Crippen LogP) is 3.59. The highest BCUT2D eigenvalue weighted by Crippen LogP contribution is 2.34. The second-order valence-corrected chi connectivity index (χ2v) is 4.58. The van der Waals surface area contributed by atoms with Gasteiger partial charge < -0.3 is 10.6 Å². The van der Waals surface area contributed by atoms with Gasteiger partial charge in [0.2, 0.25) is 0 Å². The van der Waals surface area contributed by atoms with Crippen LogP contribution < -0.4 is 10.6 Å². The third kappa shape index (κ3) is 4.42. The summed E-state index contributed by atoms with van der Waals surface area (Å²) in [6.07, 6.45) is -2.80. The lowest BCUT2D eigenvalue weighted by Crippen LogP contribution is -2.29. The number of alkyl halides is 3. The molecule has 0 spiro atoms. The molecule has 0 amide bonds. The third-order valence-electron chi connectivity index (χ3n) is 2.64. The number of aromatic nitrogens is 1. The molecule has 7 heteroatoms. The monoisotopic (exact) mass is 311 g/mol. The topological polar surface area (TPSA) is 37.0 Å². The third-order valence-corrected chi connectivity index (χ3v) is 2.88. The molecule has 110 valence electrons. The first kappa shape index (κ1) is 15.2. The van der Waals surface area contributed by atoms with Gasteiger partial charge in [-0.2, -0.15) is 13.2 Å². The minimum atomic E-state index is -4.43. The van der Waals surface area contributed by atoms with Gasteiger partial charge in [0, 0.05) is 6.20 Å². The van der Waals surface area contributed by atoms with Crippen LogP contribution in [0, 0.1) is 0 Å². The molecule has 1 heterocycles. The van der Waals surface area contributed by atoms with E-state index in [1.165, 1.54) is 18.2 Å². The molecule has 0 atom stereocenters. The lowest BCUT2D eigenvalue weighted by Gasteiger charge is -2.15. The van der Waals surface area contributed by atoms with Crippen molar-refractivity contribution < 1.29 is 13.2 Å². The molecule has 2 rings (SSSR count). The fraction of sp³-hybridized carbons (Fsp3) is 0.143. The molecule has 0 radical (unpaired) electrons. The summed E-state index contributed by atoms with van der Waals surface area (Å²) in [5, 5.41) is 5.49. The largest absolute Gasteiger partial charge is 0.418 e. The summed E-state index contributed by atoms with van der Waals surface area (Å²) in [5.74, 6) is 0. The first-order valence-corrected chi connectivity index (χ1v) is 6.48. The van der Waals surface area contributed by atoms with Crippen LogP contribution in [0.1, 0.15) is 11.3 Å². The van der Waals surface area contributed by atoms with Gasteiger partial charge in [-0.15, -0.1) is 0 Å². The molecule has 0 aliphatic rings. The number of nitrogens with zero attached hydrogens (tertiary/aromatic N) is 1. The van der Waals surface area contributed by atoms with E-state index in [1.807, 2.05) is 6.07 Å². The Balaban J connectivity index is 2.00. The van der Waals surface area contributed by atoms with Crippen molar-refractivity contribution in [3.63, 3.8) is 0 Å². The van der Waals surface area contributed by atoms with Crippen molar-refractivity contribution in [2.75, 3.05) is 5.32 Å². The van der Waals surface area contributed by atoms with Crippen molar-refractivity contribution in [2.24, 2.45) is 0 Å². The molecule has 0 aliphatic carbocycles. The maximum atomic E-state index is 12.8. The smallest absolute Gasteiger partial charge is 0.357 e. The van der Waals surface area contributed by atoms with E-state index in [1.54, 1.807) is 18.3 Å². The molecule has 1 aromatic carbocycles. The van der Waals surface area contributed by atoms with Crippen LogP contribution in [0.4, 0.5) is 18.9 Å². The number of thiocarbonyl (C=S) groups is 1. The number of nitrogens with one attached hydrogen (secondary N) is 2. The SMILES string of the molecule is FC(F)(F)c1ccccc1NC(=S)NCc1ccccn1. The minimum absolute atomic E-state index is 0.0801. The number of hydrogen-bond acceptors (Lipinski definition) is 2. The zero-order chi connectivity index (χ0) is 15.3. The maximum Gasteiger partial charge on any atom is 0.418 e. The molecule has 1 aromatic heterocycles. The molecule has 2 N–H and O–H groups in total. The summed E-state index contributed by atoms with van der Waals surface area (Å²) in [6.45, 7) is 0.334. The van der Waals surface area contributed by atoms with E-state index in [-0.39, 0.29) is 10.8 Å². The van der Waals surface area contributed by atoms with Gasteiger partial charge in [0.15, 0.2) is 5.11 Å². The molecule has 0 saturated carbocycles. The summed E-state index contributed by atoms with van der Waals surface area (Å²) in [4.78, 5) is 4.08. The average molecular weight is 311 g/mol. The number of para-hydroxylation sites is 1. The Morgan fingerprint density at radius 3 is 2.48 bits per heavy atom. The molecule has 3 nitrogen and oxygen atoms in total. The molecule has 2 aromatic rings. The van der Waals surface area contributed by atoms with E-state index >= 15 is 0 Å². The van der Waals surface area contributed by atoms with E-state index in [0.717, 1.165) is 11.8 Å². The van der Waals surface area contributed by atoms with Gasteiger partial charge >= 0.3 is 6.18 Å². The van der Waals surface area contributed by atoms with Crippen LogP contribution in [0.15, 0.2) is 48.7 Å². The summed E-state index contributed by atoms with van der Waals surface area (Å²) >= 11 is 5.00. The Morgan fingerprint density at radius 1 is 1.10 bits per heavy atom. The highest BCUT2D eigenvalue weighted by Gasteiger charge is 2.33. The van der Waals surface area contributed by atoms with Crippen LogP contribution >= 0.6 is 12.2 Å². The van der Waals surface area contributed by atoms with Crippen LogP contribution in [0.2, 0.25) is 0 Å². The zero-order valence-corrected chi connectivity index (χ0v) is 11.6. The fourth-order valence-electron chi connectivity index (χ4n) is 1.68. The molecule has 21 heavy (non-hydrogen) atoms. The lowest BCUT2D eigenvalue weighted by molar-refractivity contribution is -0.136. The van der Waals surface area contributed by atoms with Crippen LogP contribution in [-0.4, -0.2) is 10.1 Å². The quantitative estimate of drug-likeness (QED) is 0.850. The second-order valence-electron chi connectivity index (χ2n) is 4.17. The first-order chi connectivity index (χ1) is 9.97. The van der Waals surface area contributed by atoms with Gasteiger partial charge in [-0.1, -0.05) is 18.2 Å². The van der Waals surface area contributed by atoms with E-state index in [4.69, 9.17) is 12.2 Å². The van der Waals surface area contributed by atoms with Crippen molar-refractivity contribution in [1.82, 2.24) is 10.3 Å². The molecule has 0 saturated heterocycles. The lowest BCUT2D eigenvalue weighted by atomic mass is 10.1. The van der Waals surface area contributed by atoms with Crippen LogP contribution in [0.5, 0.6) is 0 Å². The van der Waals surface area contributed by atoms with Gasteiger partial charge in [0.1, 0.15) is 0 Å². The standard InChI is InChI=1S/C14H12F3N3S/c15-14(16,17)11-6-1-2-7-12(11)20-13(21)19-9-10-5-3-4-8-18-10/h1-8H,9H2,(H2,19,20,21). The molecular formula is C14H12F3N3S. The highest BCUT2D eigenvalue weighted by molar-refractivity contribution is 7.80. The molecule has 0 unspecified atom stereocenters. The Bertz CT molecular complexity index is 614. The fourth-order valence-corrected chi connectivity index (χ4v) is 1.86. The zero-order valence-electron chi connectivity index (χ0n) is 10.8. The van der Waals surface area contributed by atoms with Crippen LogP contribution in [0.25, 0.3) is 0 Å². The van der Waals surface area contributed by atoms with Crippen molar-refractivity contribution in [3.05, 3.63) is 59.9 Å². The van der Waals surface area contributed by atoms with Gasteiger partial charge in [0.25, 0.3) is 0 Å². The molecule has 0 fully saturated rings. The van der Waals surface area contributed by atoms with Crippen molar-refractivity contribution in [3.8, 4) is 0 Å². The van der Waals surface area contributed by atoms with E-state index in [9.17, 15) is 13.2 Å². The van der Waals surface area contributed by atoms with Crippen molar-refractivity contribution in [1.29, 1.82) is 0 Å². The van der Waals surface area contributed by atoms with Crippen molar-refractivity contribution >= 4 is 23.0 Å². The van der Waals surface area contributed by atoms with Crippen LogP contribution in [-0.2, 0) is 12.7 Å². The predicted molar refractivity (Wildman–Crippen MR) is 78.7 cm³/mol. The molecule has 0 aliphatic heterocycles. The summed E-state index contributed by atoms with van der Waals surface area (Å²) in [5.41, 5.74) is -0.0961. The Morgan fingerprint density at radius 2 is 1.81 bits per heavy atom. The van der Waals surface area contributed by atoms with Gasteiger partial charge in [-0.05, 0) is 36.5 Å². The number of halogens is 3. The van der Waals surface area contributed by atoms with Crippen LogP contribution in [0.3, 0.4) is 0 Å². The van der Waals surface area contributed by atoms with E-state index < -0.39 is 11.7 Å². The Labute approximate surface area is 125 Å². The summed E-state index contributed by atoms with van der Waals surface area (Å²) in [7, 11) is 0. The number of rotatable bonds is 3. The normalized spacial score (nSPS) is 11.0. The minimum Gasteiger partial charge on any atom is -0.357 e. The summed E-state index contributed by atoms with van der Waals surface area (Å²) < 4.78 is 38.5. The van der Waals surface area contributed by atoms with Gasteiger partial charge in [0.05, 0.1) is 23.5 Å². The Hall–Kier alpha value is -2.15. The number of anilines is 1. The summed E-state index contributed by atoms with van der Waals surface area (Å²) in [6, 6.07) is 10.6. The number of hydrogen-bond donors (Lipinski definition) is 2. The highest BCUT2D eigenvalue weighted by atomic mass is 32.1. The van der Waals surface area contributed by atoms with Gasteiger partial charge in [-0.25, -0.2) is 0 Å². The Kier molecular flexibility index (Phi) is 4.74. The maximum absolute atomic E-state index is 12.8. The first-order valence-electron chi connectivity index (χ1n) is 6.08. The second kappa shape index (κ2) is 6.53. The van der Waals surface area contributed by atoms with Gasteiger partial charge in [-0.3, -0.25) is 4.98 Å². The average Bonchev–Trinajstić information content (AvgIpc) is 2.46. The number of benzene rings is 1. The molecular weight excluding hydrogens is 299 g/mol. The van der Waals surface area contributed by atoms with Crippen molar-refractivity contribution in [2.45, 2.75) is 12.7 Å². The van der Waals surface area contributed by atoms with E-state index in [0.29, 0.717) is 6.54 Å². The molecule has 0 bridgehead atoms. The van der Waals surface area contributed by atoms with E-state index in [2.05, 4.69) is 15.6 Å².